The van der Waals surface area contributed by atoms with Crippen LogP contribution in [0.15, 0.2) is 28.7 Å². The maximum atomic E-state index is 11.7. The van der Waals surface area contributed by atoms with Crippen LogP contribution in [0.3, 0.4) is 0 Å². The number of carboxylic acids is 1. The Morgan fingerprint density at radius 2 is 1.90 bits per heavy atom. The standard InChI is InChI=1S/C15H20BrNO3/c16-13-7-5-6-12(10-13)11-14(18)17-9-4-2-1-3-8-15(19)20/h5-7,10H,1-4,8-9,11H2,(H,17,18)(H,19,20). The van der Waals surface area contributed by atoms with E-state index < -0.39 is 5.97 Å². The Bertz CT molecular complexity index is 448. The highest BCUT2D eigenvalue weighted by molar-refractivity contribution is 9.10. The van der Waals surface area contributed by atoms with Crippen molar-refractivity contribution in [2.75, 3.05) is 6.54 Å². The van der Waals surface area contributed by atoms with Crippen molar-refractivity contribution in [2.45, 2.75) is 38.5 Å². The summed E-state index contributed by atoms with van der Waals surface area (Å²) in [6, 6.07) is 7.70. The number of carbonyl (C=O) groups excluding carboxylic acids is 1. The van der Waals surface area contributed by atoms with Gasteiger partial charge in [0.1, 0.15) is 0 Å². The van der Waals surface area contributed by atoms with Gasteiger partial charge in [0.25, 0.3) is 0 Å². The molecule has 1 aromatic carbocycles. The number of amides is 1. The van der Waals surface area contributed by atoms with Gasteiger partial charge >= 0.3 is 5.97 Å². The lowest BCUT2D eigenvalue weighted by Gasteiger charge is -2.05. The van der Waals surface area contributed by atoms with E-state index in [1.54, 1.807) is 0 Å². The van der Waals surface area contributed by atoms with Crippen molar-refractivity contribution < 1.29 is 14.7 Å². The van der Waals surface area contributed by atoms with Gasteiger partial charge in [-0.05, 0) is 30.5 Å². The number of hydrogen-bond acceptors (Lipinski definition) is 2. The van der Waals surface area contributed by atoms with Crippen molar-refractivity contribution in [3.8, 4) is 0 Å². The Morgan fingerprint density at radius 3 is 2.60 bits per heavy atom. The zero-order valence-electron chi connectivity index (χ0n) is 11.4. The van der Waals surface area contributed by atoms with Gasteiger partial charge in [-0.2, -0.15) is 0 Å². The molecule has 0 atom stereocenters. The van der Waals surface area contributed by atoms with Crippen LogP contribution in [0.4, 0.5) is 0 Å². The lowest BCUT2D eigenvalue weighted by molar-refractivity contribution is -0.137. The van der Waals surface area contributed by atoms with Crippen LogP contribution in [0.2, 0.25) is 0 Å². The zero-order chi connectivity index (χ0) is 14.8. The van der Waals surface area contributed by atoms with E-state index in [2.05, 4.69) is 21.2 Å². The third-order valence-corrected chi connectivity index (χ3v) is 3.39. The molecule has 0 aliphatic rings. The van der Waals surface area contributed by atoms with Crippen molar-refractivity contribution in [1.82, 2.24) is 5.32 Å². The van der Waals surface area contributed by atoms with Gasteiger partial charge in [-0.15, -0.1) is 0 Å². The van der Waals surface area contributed by atoms with Crippen molar-refractivity contribution in [3.63, 3.8) is 0 Å². The fourth-order valence-electron chi connectivity index (χ4n) is 1.88. The molecule has 110 valence electrons. The predicted octanol–water partition coefficient (Wildman–Crippen LogP) is 3.14. The Balaban J connectivity index is 2.07. The molecule has 0 aromatic heterocycles. The molecule has 0 saturated carbocycles. The van der Waals surface area contributed by atoms with E-state index in [1.165, 1.54) is 0 Å². The molecule has 0 aliphatic heterocycles. The van der Waals surface area contributed by atoms with E-state index in [-0.39, 0.29) is 12.3 Å². The lowest BCUT2D eigenvalue weighted by atomic mass is 10.1. The summed E-state index contributed by atoms with van der Waals surface area (Å²) in [7, 11) is 0. The average Bonchev–Trinajstić information content (AvgIpc) is 2.37. The summed E-state index contributed by atoms with van der Waals surface area (Å²) in [5.41, 5.74) is 0.985. The molecule has 1 rings (SSSR count). The van der Waals surface area contributed by atoms with Gasteiger partial charge in [0.05, 0.1) is 6.42 Å². The Kier molecular flexibility index (Phi) is 7.95. The predicted molar refractivity (Wildman–Crippen MR) is 81.6 cm³/mol. The molecule has 0 spiro atoms. The molecule has 1 aromatic rings. The number of aliphatic carboxylic acids is 1. The van der Waals surface area contributed by atoms with Crippen LogP contribution >= 0.6 is 15.9 Å². The van der Waals surface area contributed by atoms with Crippen LogP contribution in [-0.4, -0.2) is 23.5 Å². The molecule has 0 saturated heterocycles. The number of nitrogens with one attached hydrogen (secondary N) is 1. The smallest absolute Gasteiger partial charge is 0.303 e. The summed E-state index contributed by atoms with van der Waals surface area (Å²) in [6.07, 6.45) is 4.07. The van der Waals surface area contributed by atoms with Gasteiger partial charge in [-0.25, -0.2) is 0 Å². The number of benzene rings is 1. The maximum absolute atomic E-state index is 11.7. The minimum Gasteiger partial charge on any atom is -0.481 e. The second-order valence-electron chi connectivity index (χ2n) is 4.71. The lowest BCUT2D eigenvalue weighted by Crippen LogP contribution is -2.26. The first kappa shape index (κ1) is 16.7. The molecule has 0 radical (unpaired) electrons. The maximum Gasteiger partial charge on any atom is 0.303 e. The molecule has 0 unspecified atom stereocenters. The number of unbranched alkanes of at least 4 members (excludes halogenated alkanes) is 3. The summed E-state index contributed by atoms with van der Waals surface area (Å²) >= 11 is 3.38. The highest BCUT2D eigenvalue weighted by Crippen LogP contribution is 2.12. The fraction of sp³-hybridized carbons (Fsp3) is 0.467. The van der Waals surface area contributed by atoms with Crippen LogP contribution in [0.1, 0.15) is 37.7 Å². The summed E-state index contributed by atoms with van der Waals surface area (Å²) < 4.78 is 0.973. The van der Waals surface area contributed by atoms with E-state index in [9.17, 15) is 9.59 Å². The third-order valence-electron chi connectivity index (χ3n) is 2.89. The quantitative estimate of drug-likeness (QED) is 0.678. The second kappa shape index (κ2) is 9.53. The number of hydrogen-bond donors (Lipinski definition) is 2. The van der Waals surface area contributed by atoms with E-state index in [0.29, 0.717) is 19.4 Å². The number of halogens is 1. The second-order valence-corrected chi connectivity index (χ2v) is 5.63. The highest BCUT2D eigenvalue weighted by atomic mass is 79.9. The van der Waals surface area contributed by atoms with Crippen molar-refractivity contribution >= 4 is 27.8 Å². The number of rotatable bonds is 9. The third kappa shape index (κ3) is 7.94. The largest absolute Gasteiger partial charge is 0.481 e. The van der Waals surface area contributed by atoms with Crippen LogP contribution in [0, 0.1) is 0 Å². The Hall–Kier alpha value is -1.36. The molecule has 1 amide bonds. The summed E-state index contributed by atoms with van der Waals surface area (Å²) in [4.78, 5) is 22.0. The van der Waals surface area contributed by atoms with Gasteiger partial charge in [0.2, 0.25) is 5.91 Å². The van der Waals surface area contributed by atoms with E-state index in [0.717, 1.165) is 29.3 Å². The number of carbonyl (C=O) groups is 2. The molecule has 4 nitrogen and oxygen atoms in total. The molecule has 2 N–H and O–H groups in total. The van der Waals surface area contributed by atoms with Crippen molar-refractivity contribution in [1.29, 1.82) is 0 Å². The first-order valence-corrected chi connectivity index (χ1v) is 7.60. The average molecular weight is 342 g/mol. The molecule has 0 fully saturated rings. The SMILES string of the molecule is O=C(O)CCCCCCNC(=O)Cc1cccc(Br)c1. The van der Waals surface area contributed by atoms with Gasteiger partial charge in [0, 0.05) is 17.4 Å². The minimum absolute atomic E-state index is 0.0219. The minimum atomic E-state index is -0.743. The summed E-state index contributed by atoms with van der Waals surface area (Å²) in [5.74, 6) is -0.721. The van der Waals surface area contributed by atoms with Crippen LogP contribution in [0.5, 0.6) is 0 Å². The summed E-state index contributed by atoms with van der Waals surface area (Å²) in [6.45, 7) is 0.653. The van der Waals surface area contributed by atoms with Crippen molar-refractivity contribution in [3.05, 3.63) is 34.3 Å². The van der Waals surface area contributed by atoms with Crippen LogP contribution < -0.4 is 5.32 Å². The molecule has 0 aliphatic carbocycles. The van der Waals surface area contributed by atoms with Gasteiger partial charge in [-0.3, -0.25) is 9.59 Å². The molecular formula is C15H20BrNO3. The first-order chi connectivity index (χ1) is 9.58. The first-order valence-electron chi connectivity index (χ1n) is 6.81. The van der Waals surface area contributed by atoms with E-state index in [4.69, 9.17) is 5.11 Å². The Morgan fingerprint density at radius 1 is 1.15 bits per heavy atom. The topological polar surface area (TPSA) is 66.4 Å². The molecule has 0 heterocycles. The van der Waals surface area contributed by atoms with Crippen molar-refractivity contribution in [2.24, 2.45) is 0 Å². The Labute approximate surface area is 127 Å². The fourth-order valence-corrected chi connectivity index (χ4v) is 2.32. The van der Waals surface area contributed by atoms with Gasteiger partial charge < -0.3 is 10.4 Å². The molecular weight excluding hydrogens is 322 g/mol. The van der Waals surface area contributed by atoms with Crippen LogP contribution in [0.25, 0.3) is 0 Å². The molecule has 0 bridgehead atoms. The van der Waals surface area contributed by atoms with Crippen LogP contribution in [-0.2, 0) is 16.0 Å². The van der Waals surface area contributed by atoms with E-state index >= 15 is 0 Å². The van der Waals surface area contributed by atoms with Gasteiger partial charge in [-0.1, -0.05) is 40.9 Å². The monoisotopic (exact) mass is 341 g/mol. The highest BCUT2D eigenvalue weighted by Gasteiger charge is 2.03. The molecule has 5 heteroatoms. The zero-order valence-corrected chi connectivity index (χ0v) is 13.0. The number of carboxylic acid groups (broad SMARTS) is 1. The normalized spacial score (nSPS) is 10.2. The summed E-state index contributed by atoms with van der Waals surface area (Å²) in [5, 5.41) is 11.4. The van der Waals surface area contributed by atoms with E-state index in [1.807, 2.05) is 24.3 Å². The van der Waals surface area contributed by atoms with Gasteiger partial charge in [0.15, 0.2) is 0 Å². The molecule has 20 heavy (non-hydrogen) atoms.